The molecule has 1 heterocycles. The van der Waals surface area contributed by atoms with Gasteiger partial charge in [0, 0.05) is 21.2 Å². The minimum atomic E-state index is 0.715. The Morgan fingerprint density at radius 3 is 1.90 bits per heavy atom. The quantitative estimate of drug-likeness (QED) is 0.615. The third-order valence-corrected chi connectivity index (χ3v) is 4.21. The van der Waals surface area contributed by atoms with Gasteiger partial charge in [-0.05, 0) is 30.5 Å². The molecule has 0 atom stereocenters. The molecule has 0 spiro atoms. The van der Waals surface area contributed by atoms with Gasteiger partial charge in [-0.1, -0.05) is 59.2 Å². The molecule has 0 aliphatic carbocycles. The molecule has 5 heteroatoms. The largest absolute Gasteiger partial charge is 0.332 e. The van der Waals surface area contributed by atoms with Crippen LogP contribution in [0, 0.1) is 0 Å². The summed E-state index contributed by atoms with van der Waals surface area (Å²) in [5.41, 5.74) is 3.98. The van der Waals surface area contributed by atoms with E-state index in [0.717, 1.165) is 32.7 Å². The van der Waals surface area contributed by atoms with E-state index in [1.807, 2.05) is 54.8 Å². The Balaban J connectivity index is 2.13. The van der Waals surface area contributed by atoms with Gasteiger partial charge < -0.3 is 4.98 Å². The summed E-state index contributed by atoms with van der Waals surface area (Å²) < 4.78 is 0. The number of aromatic nitrogens is 2. The van der Waals surface area contributed by atoms with Crippen LogP contribution in [0.3, 0.4) is 0 Å². The molecule has 3 rings (SSSR count). The van der Waals surface area contributed by atoms with Crippen molar-refractivity contribution >= 4 is 35.0 Å². The summed E-state index contributed by atoms with van der Waals surface area (Å²) in [5, 5.41) is 2.31. The van der Waals surface area contributed by atoms with Crippen molar-refractivity contribution in [1.82, 2.24) is 9.97 Å². The molecule has 0 bridgehead atoms. The van der Waals surface area contributed by atoms with Crippen LogP contribution in [0.25, 0.3) is 22.5 Å². The molecule has 21 heavy (non-hydrogen) atoms. The average molecular weight is 335 g/mol. The fourth-order valence-electron chi connectivity index (χ4n) is 2.09. The van der Waals surface area contributed by atoms with Crippen molar-refractivity contribution in [3.63, 3.8) is 0 Å². The van der Waals surface area contributed by atoms with Crippen LogP contribution in [0.4, 0.5) is 0 Å². The lowest BCUT2D eigenvalue weighted by atomic mass is 10.1. The highest BCUT2D eigenvalue weighted by atomic mass is 35.5. The number of hydrogen-bond donors (Lipinski definition) is 1. The topological polar surface area (TPSA) is 28.7 Å². The van der Waals surface area contributed by atoms with Gasteiger partial charge >= 0.3 is 0 Å². The zero-order chi connectivity index (χ0) is 14.8. The Kier molecular flexibility index (Phi) is 4.24. The number of H-pyrrole nitrogens is 1. The van der Waals surface area contributed by atoms with Gasteiger partial charge in [0.2, 0.25) is 0 Å². The van der Waals surface area contributed by atoms with Gasteiger partial charge in [-0.25, -0.2) is 4.98 Å². The van der Waals surface area contributed by atoms with E-state index in [-0.39, 0.29) is 0 Å². The first-order valence-electron chi connectivity index (χ1n) is 6.33. The van der Waals surface area contributed by atoms with E-state index < -0.39 is 0 Å². The van der Waals surface area contributed by atoms with Crippen LogP contribution >= 0.6 is 35.0 Å². The van der Waals surface area contributed by atoms with Gasteiger partial charge in [0.1, 0.15) is 0 Å². The van der Waals surface area contributed by atoms with Gasteiger partial charge in [0.05, 0.1) is 11.4 Å². The third-order valence-electron chi connectivity index (χ3n) is 3.13. The molecule has 0 aliphatic rings. The molecular formula is C16H12Cl2N2S. The highest BCUT2D eigenvalue weighted by Crippen LogP contribution is 2.33. The minimum absolute atomic E-state index is 0.715. The molecular weight excluding hydrogens is 323 g/mol. The molecule has 2 aromatic carbocycles. The van der Waals surface area contributed by atoms with Crippen molar-refractivity contribution in [1.29, 1.82) is 0 Å². The maximum atomic E-state index is 5.96. The zero-order valence-electron chi connectivity index (χ0n) is 11.2. The number of thioether (sulfide) groups is 1. The Morgan fingerprint density at radius 2 is 1.38 bits per heavy atom. The molecule has 1 aromatic heterocycles. The average Bonchev–Trinajstić information content (AvgIpc) is 2.93. The maximum Gasteiger partial charge on any atom is 0.166 e. The number of aromatic amines is 1. The summed E-state index contributed by atoms with van der Waals surface area (Å²) in [7, 11) is 0. The molecule has 0 unspecified atom stereocenters. The Bertz CT molecular complexity index is 686. The van der Waals surface area contributed by atoms with Gasteiger partial charge in [-0.15, -0.1) is 0 Å². The van der Waals surface area contributed by atoms with E-state index in [1.54, 1.807) is 11.8 Å². The van der Waals surface area contributed by atoms with Crippen molar-refractivity contribution in [2.75, 3.05) is 6.26 Å². The van der Waals surface area contributed by atoms with Crippen LogP contribution < -0.4 is 0 Å². The van der Waals surface area contributed by atoms with E-state index in [0.29, 0.717) is 5.02 Å². The highest BCUT2D eigenvalue weighted by Gasteiger charge is 2.13. The van der Waals surface area contributed by atoms with Gasteiger partial charge in [-0.2, -0.15) is 0 Å². The molecule has 0 radical (unpaired) electrons. The molecule has 0 saturated heterocycles. The monoisotopic (exact) mass is 334 g/mol. The van der Waals surface area contributed by atoms with E-state index in [2.05, 4.69) is 9.97 Å². The third kappa shape index (κ3) is 3.10. The predicted octanol–water partition coefficient (Wildman–Crippen LogP) is 5.77. The van der Waals surface area contributed by atoms with Gasteiger partial charge in [-0.3, -0.25) is 0 Å². The summed E-state index contributed by atoms with van der Waals surface area (Å²) >= 11 is 13.5. The lowest BCUT2D eigenvalue weighted by Gasteiger charge is -2.03. The molecule has 0 saturated carbocycles. The molecule has 0 fully saturated rings. The number of imidazole rings is 1. The first kappa shape index (κ1) is 14.5. The molecule has 2 nitrogen and oxygen atoms in total. The molecule has 0 aliphatic heterocycles. The first-order valence-corrected chi connectivity index (χ1v) is 8.31. The zero-order valence-corrected chi connectivity index (χ0v) is 13.6. The van der Waals surface area contributed by atoms with Crippen molar-refractivity contribution < 1.29 is 0 Å². The van der Waals surface area contributed by atoms with Crippen molar-refractivity contribution in [3.8, 4) is 22.5 Å². The second-order valence-corrected chi connectivity index (χ2v) is 6.15. The second kappa shape index (κ2) is 6.14. The minimum Gasteiger partial charge on any atom is -0.332 e. The van der Waals surface area contributed by atoms with Crippen LogP contribution in [0.5, 0.6) is 0 Å². The van der Waals surface area contributed by atoms with Crippen molar-refractivity contribution in [2.24, 2.45) is 0 Å². The van der Waals surface area contributed by atoms with Crippen LogP contribution in [0.2, 0.25) is 10.0 Å². The number of benzene rings is 2. The number of hydrogen-bond acceptors (Lipinski definition) is 2. The summed E-state index contributed by atoms with van der Waals surface area (Å²) in [6.07, 6.45) is 2.00. The first-order chi connectivity index (χ1) is 10.2. The molecule has 3 aromatic rings. The van der Waals surface area contributed by atoms with E-state index in [9.17, 15) is 0 Å². The normalized spacial score (nSPS) is 10.8. The van der Waals surface area contributed by atoms with Gasteiger partial charge in [0.25, 0.3) is 0 Å². The second-order valence-electron chi connectivity index (χ2n) is 4.48. The Morgan fingerprint density at radius 1 is 0.857 bits per heavy atom. The number of nitrogens with zero attached hydrogens (tertiary/aromatic N) is 1. The van der Waals surface area contributed by atoms with Crippen LogP contribution in [0.1, 0.15) is 0 Å². The van der Waals surface area contributed by atoms with Crippen molar-refractivity contribution in [3.05, 3.63) is 58.6 Å². The maximum absolute atomic E-state index is 5.96. The standard InChI is InChI=1S/C16H12Cl2N2S/c1-21-16-19-14(10-2-6-12(17)7-3-10)15(20-16)11-4-8-13(18)9-5-11/h2-9H,1H3,(H,19,20). The SMILES string of the molecule is CSc1nc(-c2ccc(Cl)cc2)c(-c2ccc(Cl)cc2)[nH]1. The van der Waals surface area contributed by atoms with Gasteiger partial charge in [0.15, 0.2) is 5.16 Å². The van der Waals surface area contributed by atoms with Crippen LogP contribution in [0.15, 0.2) is 53.7 Å². The highest BCUT2D eigenvalue weighted by molar-refractivity contribution is 7.98. The van der Waals surface area contributed by atoms with Crippen molar-refractivity contribution in [2.45, 2.75) is 5.16 Å². The number of halogens is 2. The summed E-state index contributed by atoms with van der Waals surface area (Å²) in [5.74, 6) is 0. The lowest BCUT2D eigenvalue weighted by molar-refractivity contribution is 1.07. The smallest absolute Gasteiger partial charge is 0.166 e. The molecule has 0 amide bonds. The molecule has 106 valence electrons. The summed E-state index contributed by atoms with van der Waals surface area (Å²) in [6, 6.07) is 15.4. The predicted molar refractivity (Wildman–Crippen MR) is 91.3 cm³/mol. The summed E-state index contributed by atoms with van der Waals surface area (Å²) in [4.78, 5) is 8.01. The van der Waals surface area contributed by atoms with E-state index in [4.69, 9.17) is 23.2 Å². The number of nitrogens with one attached hydrogen (secondary N) is 1. The lowest BCUT2D eigenvalue weighted by Crippen LogP contribution is -1.83. The number of rotatable bonds is 3. The summed E-state index contributed by atoms with van der Waals surface area (Å²) in [6.45, 7) is 0. The van der Waals surface area contributed by atoms with Crippen LogP contribution in [-0.4, -0.2) is 16.2 Å². The Labute approximate surface area is 137 Å². The molecule has 1 N–H and O–H groups in total. The fourth-order valence-corrected chi connectivity index (χ4v) is 2.73. The fraction of sp³-hybridized carbons (Fsp3) is 0.0625. The Hall–Kier alpha value is -1.42. The van der Waals surface area contributed by atoms with Crippen LogP contribution in [-0.2, 0) is 0 Å². The van der Waals surface area contributed by atoms with E-state index in [1.165, 1.54) is 0 Å². The van der Waals surface area contributed by atoms with E-state index >= 15 is 0 Å².